The highest BCUT2D eigenvalue weighted by Crippen LogP contribution is 2.34. The predicted octanol–water partition coefficient (Wildman–Crippen LogP) is 1.17. The van der Waals surface area contributed by atoms with Crippen LogP contribution in [0.1, 0.15) is 39.5 Å². The summed E-state index contributed by atoms with van der Waals surface area (Å²) in [5, 5.41) is 3.50. The van der Waals surface area contributed by atoms with E-state index in [-0.39, 0.29) is 24.2 Å². The third-order valence-corrected chi connectivity index (χ3v) is 4.33. The number of fused-ring (bicyclic) bond motifs is 2. The molecule has 0 aliphatic carbocycles. The molecule has 0 aromatic rings. The van der Waals surface area contributed by atoms with Crippen LogP contribution >= 0.6 is 0 Å². The largest absolute Gasteiger partial charge is 0.469 e. The topological polar surface area (TPSA) is 58.6 Å². The zero-order valence-corrected chi connectivity index (χ0v) is 12.7. The van der Waals surface area contributed by atoms with Crippen molar-refractivity contribution in [1.29, 1.82) is 0 Å². The Hall–Kier alpha value is -1.10. The van der Waals surface area contributed by atoms with Gasteiger partial charge in [-0.25, -0.2) is 0 Å². The zero-order chi connectivity index (χ0) is 14.7. The van der Waals surface area contributed by atoms with Gasteiger partial charge in [0.15, 0.2) is 0 Å². The van der Waals surface area contributed by atoms with E-state index in [2.05, 4.69) is 23.9 Å². The summed E-state index contributed by atoms with van der Waals surface area (Å²) in [4.78, 5) is 25.9. The molecule has 2 heterocycles. The van der Waals surface area contributed by atoms with Crippen LogP contribution in [-0.2, 0) is 14.3 Å². The van der Waals surface area contributed by atoms with Crippen molar-refractivity contribution in [1.82, 2.24) is 10.2 Å². The van der Waals surface area contributed by atoms with Crippen molar-refractivity contribution in [3.05, 3.63) is 0 Å². The molecule has 0 radical (unpaired) electrons. The lowest BCUT2D eigenvalue weighted by molar-refractivity contribution is -0.142. The molecule has 2 fully saturated rings. The van der Waals surface area contributed by atoms with Crippen LogP contribution in [0.4, 0.5) is 0 Å². The summed E-state index contributed by atoms with van der Waals surface area (Å²) in [5.41, 5.74) is 0. The van der Waals surface area contributed by atoms with Crippen LogP contribution in [0.3, 0.4) is 0 Å². The molecule has 2 saturated heterocycles. The summed E-state index contributed by atoms with van der Waals surface area (Å²) >= 11 is 0. The lowest BCUT2D eigenvalue weighted by Gasteiger charge is -2.30. The standard InChI is InChI=1S/C15H26N2O3/c1-10(2)9-17(7-6-14(18)20-3)15(19)12-8-11-4-5-13(12)16-11/h10-13,16H,4-9H2,1-3H3. The van der Waals surface area contributed by atoms with Gasteiger partial charge in [-0.2, -0.15) is 0 Å². The van der Waals surface area contributed by atoms with Crippen molar-refractivity contribution in [2.24, 2.45) is 11.8 Å². The number of carbonyl (C=O) groups is 2. The second-order valence-electron chi connectivity index (χ2n) is 6.39. The first-order valence-electron chi connectivity index (χ1n) is 7.63. The first kappa shape index (κ1) is 15.3. The van der Waals surface area contributed by atoms with Gasteiger partial charge >= 0.3 is 5.97 Å². The van der Waals surface area contributed by atoms with E-state index in [0.717, 1.165) is 12.8 Å². The molecule has 5 heteroatoms. The molecule has 5 nitrogen and oxygen atoms in total. The Morgan fingerprint density at radius 3 is 2.60 bits per heavy atom. The third-order valence-electron chi connectivity index (χ3n) is 4.33. The Morgan fingerprint density at radius 1 is 1.35 bits per heavy atom. The van der Waals surface area contributed by atoms with E-state index in [0.29, 0.717) is 31.1 Å². The van der Waals surface area contributed by atoms with E-state index in [1.54, 1.807) is 0 Å². The maximum Gasteiger partial charge on any atom is 0.307 e. The van der Waals surface area contributed by atoms with Gasteiger partial charge in [0.2, 0.25) is 5.91 Å². The van der Waals surface area contributed by atoms with E-state index >= 15 is 0 Å². The minimum absolute atomic E-state index is 0.102. The summed E-state index contributed by atoms with van der Waals surface area (Å²) in [5.74, 6) is 0.466. The lowest BCUT2D eigenvalue weighted by Crippen LogP contribution is -2.43. The van der Waals surface area contributed by atoms with Gasteiger partial charge in [-0.05, 0) is 25.2 Å². The van der Waals surface area contributed by atoms with Gasteiger partial charge in [-0.15, -0.1) is 0 Å². The molecule has 0 spiro atoms. The van der Waals surface area contributed by atoms with Crippen molar-refractivity contribution >= 4 is 11.9 Å². The molecule has 114 valence electrons. The number of ether oxygens (including phenoxy) is 1. The highest BCUT2D eigenvalue weighted by Gasteiger charge is 2.44. The van der Waals surface area contributed by atoms with Crippen molar-refractivity contribution in [2.45, 2.75) is 51.6 Å². The fourth-order valence-electron chi connectivity index (χ4n) is 3.39. The quantitative estimate of drug-likeness (QED) is 0.743. The summed E-state index contributed by atoms with van der Waals surface area (Å²) in [7, 11) is 1.39. The highest BCUT2D eigenvalue weighted by atomic mass is 16.5. The minimum atomic E-state index is -0.252. The van der Waals surface area contributed by atoms with Crippen molar-refractivity contribution < 1.29 is 14.3 Å². The Kier molecular flexibility index (Phi) is 5.02. The summed E-state index contributed by atoms with van der Waals surface area (Å²) < 4.78 is 4.67. The fourth-order valence-corrected chi connectivity index (χ4v) is 3.39. The maximum atomic E-state index is 12.7. The van der Waals surface area contributed by atoms with Gasteiger partial charge in [-0.1, -0.05) is 13.8 Å². The Labute approximate surface area is 121 Å². The average Bonchev–Trinajstić information content (AvgIpc) is 3.04. The number of hydrogen-bond donors (Lipinski definition) is 1. The molecular formula is C15H26N2O3. The molecule has 0 saturated carbocycles. The smallest absolute Gasteiger partial charge is 0.307 e. The molecule has 3 unspecified atom stereocenters. The number of nitrogens with one attached hydrogen (secondary N) is 1. The van der Waals surface area contributed by atoms with E-state index in [1.807, 2.05) is 4.90 Å². The van der Waals surface area contributed by atoms with Crippen LogP contribution in [0.25, 0.3) is 0 Å². The molecular weight excluding hydrogens is 256 g/mol. The molecule has 0 aromatic carbocycles. The second-order valence-corrected chi connectivity index (χ2v) is 6.39. The molecule has 2 bridgehead atoms. The summed E-state index contributed by atoms with van der Waals surface area (Å²) in [6.45, 7) is 5.37. The van der Waals surface area contributed by atoms with Crippen LogP contribution in [0, 0.1) is 11.8 Å². The Balaban J connectivity index is 1.94. The number of esters is 1. The minimum Gasteiger partial charge on any atom is -0.469 e. The monoisotopic (exact) mass is 282 g/mol. The molecule has 1 N–H and O–H groups in total. The average molecular weight is 282 g/mol. The number of rotatable bonds is 6. The van der Waals surface area contributed by atoms with E-state index < -0.39 is 0 Å². The van der Waals surface area contributed by atoms with Gasteiger partial charge in [0, 0.05) is 25.2 Å². The normalized spacial score (nSPS) is 27.9. The lowest BCUT2D eigenvalue weighted by atomic mass is 9.88. The van der Waals surface area contributed by atoms with Crippen LogP contribution in [-0.4, -0.2) is 49.1 Å². The van der Waals surface area contributed by atoms with Crippen LogP contribution in [0.5, 0.6) is 0 Å². The molecule has 3 atom stereocenters. The van der Waals surface area contributed by atoms with Gasteiger partial charge in [0.25, 0.3) is 0 Å². The molecule has 0 aromatic heterocycles. The van der Waals surface area contributed by atoms with Crippen molar-refractivity contribution in [2.75, 3.05) is 20.2 Å². The van der Waals surface area contributed by atoms with Gasteiger partial charge in [0.1, 0.15) is 0 Å². The number of carbonyl (C=O) groups excluding carboxylic acids is 2. The molecule has 2 aliphatic heterocycles. The Bertz CT molecular complexity index is 370. The Morgan fingerprint density at radius 2 is 2.10 bits per heavy atom. The maximum absolute atomic E-state index is 12.7. The van der Waals surface area contributed by atoms with Crippen molar-refractivity contribution in [3.63, 3.8) is 0 Å². The highest BCUT2D eigenvalue weighted by molar-refractivity contribution is 5.81. The number of hydrogen-bond acceptors (Lipinski definition) is 4. The molecule has 1 amide bonds. The van der Waals surface area contributed by atoms with Crippen molar-refractivity contribution in [3.8, 4) is 0 Å². The van der Waals surface area contributed by atoms with Gasteiger partial charge in [0.05, 0.1) is 19.4 Å². The van der Waals surface area contributed by atoms with Crippen LogP contribution in [0.2, 0.25) is 0 Å². The number of nitrogens with zero attached hydrogens (tertiary/aromatic N) is 1. The molecule has 2 aliphatic rings. The third kappa shape index (κ3) is 3.51. The van der Waals surface area contributed by atoms with Gasteiger partial charge < -0.3 is 15.0 Å². The first-order valence-corrected chi connectivity index (χ1v) is 7.63. The van der Waals surface area contributed by atoms with Crippen LogP contribution < -0.4 is 5.32 Å². The summed E-state index contributed by atoms with van der Waals surface area (Å²) in [6.07, 6.45) is 3.54. The van der Waals surface area contributed by atoms with E-state index in [1.165, 1.54) is 13.5 Å². The summed E-state index contributed by atoms with van der Waals surface area (Å²) in [6, 6.07) is 0.871. The fraction of sp³-hybridized carbons (Fsp3) is 0.867. The predicted molar refractivity (Wildman–Crippen MR) is 76.1 cm³/mol. The van der Waals surface area contributed by atoms with Gasteiger partial charge in [-0.3, -0.25) is 9.59 Å². The SMILES string of the molecule is COC(=O)CCN(CC(C)C)C(=O)C1CC2CCC1N2. The second kappa shape index (κ2) is 6.57. The van der Waals surface area contributed by atoms with E-state index in [4.69, 9.17) is 0 Å². The number of methoxy groups -OCH3 is 1. The molecule has 20 heavy (non-hydrogen) atoms. The number of amides is 1. The zero-order valence-electron chi connectivity index (χ0n) is 12.7. The molecule has 2 rings (SSSR count). The first-order chi connectivity index (χ1) is 9.51. The van der Waals surface area contributed by atoms with Crippen LogP contribution in [0.15, 0.2) is 0 Å². The van der Waals surface area contributed by atoms with E-state index in [9.17, 15) is 9.59 Å².